The van der Waals surface area contributed by atoms with Gasteiger partial charge < -0.3 is 14.6 Å². The molecule has 1 aromatic heterocycles. The maximum Gasteiger partial charge on any atom is 0.417 e. The van der Waals surface area contributed by atoms with Crippen LogP contribution in [-0.4, -0.2) is 16.7 Å². The summed E-state index contributed by atoms with van der Waals surface area (Å²) in [4.78, 5) is 15.7. The van der Waals surface area contributed by atoms with Crippen molar-refractivity contribution in [2.75, 3.05) is 11.9 Å². The number of aryl methyl sites for hydroxylation is 1. The van der Waals surface area contributed by atoms with E-state index in [1.54, 1.807) is 60.0 Å². The van der Waals surface area contributed by atoms with Gasteiger partial charge in [-0.25, -0.2) is 0 Å². The summed E-state index contributed by atoms with van der Waals surface area (Å²) in [5.74, 6) is 0. The van der Waals surface area contributed by atoms with E-state index in [1.165, 1.54) is 48.5 Å². The zero-order valence-corrected chi connectivity index (χ0v) is 24.3. The number of rotatable bonds is 2. The second kappa shape index (κ2) is 10.2. The number of pyridine rings is 1. The number of benzene rings is 5. The first-order valence-corrected chi connectivity index (χ1v) is 14.2. The van der Waals surface area contributed by atoms with Gasteiger partial charge in [-0.3, -0.25) is 4.79 Å². The van der Waals surface area contributed by atoms with Crippen LogP contribution in [0.15, 0.2) is 102 Å². The molecule has 0 spiro atoms. The molecule has 6 aromatic rings. The van der Waals surface area contributed by atoms with Gasteiger partial charge in [0.2, 0.25) is 0 Å². The molecular weight excluding hydrogens is 606 g/mol. The lowest BCUT2D eigenvalue weighted by molar-refractivity contribution is -0.137. The number of hydrogen-bond acceptors (Lipinski definition) is 3. The zero-order chi connectivity index (χ0) is 32.7. The molecule has 46 heavy (non-hydrogen) atoms. The summed E-state index contributed by atoms with van der Waals surface area (Å²) >= 11 is 0. The van der Waals surface area contributed by atoms with Crippen molar-refractivity contribution in [3.05, 3.63) is 130 Å². The molecule has 0 saturated heterocycles. The summed E-state index contributed by atoms with van der Waals surface area (Å²) in [6, 6.07) is 23.1. The summed E-state index contributed by atoms with van der Waals surface area (Å²) < 4.78 is 84.4. The van der Waals surface area contributed by atoms with Gasteiger partial charge in [0.15, 0.2) is 5.43 Å². The van der Waals surface area contributed by atoms with Crippen molar-refractivity contribution < 1.29 is 31.4 Å². The Labute approximate surface area is 258 Å². The predicted molar refractivity (Wildman–Crippen MR) is 166 cm³/mol. The van der Waals surface area contributed by atoms with Gasteiger partial charge in [-0.15, -0.1) is 0 Å². The number of halogens is 6. The number of aromatic nitrogens is 1. The Bertz CT molecular complexity index is 2270. The highest BCUT2D eigenvalue weighted by molar-refractivity contribution is 5.98. The van der Waals surface area contributed by atoms with Crippen LogP contribution >= 0.6 is 0 Å². The van der Waals surface area contributed by atoms with Gasteiger partial charge in [0, 0.05) is 47.4 Å². The standard InChI is InChI=1S/C36H24F6N2O2/c1-43-29-13-11-19(21-7-3-5-9-27(21)35(37,38)39)15-23(29)33(45)25-18-32-26(17-31(25)43)34(46)24-16-20(12-14-30(24)44(32)2)22-8-4-6-10-28(22)36(40,41)42/h3-18,33,45H,1-2H3. The van der Waals surface area contributed by atoms with E-state index in [-0.39, 0.29) is 27.5 Å². The van der Waals surface area contributed by atoms with Crippen LogP contribution in [0.1, 0.15) is 28.4 Å². The quantitative estimate of drug-likeness (QED) is 0.153. The highest BCUT2D eigenvalue weighted by atomic mass is 19.4. The molecule has 7 rings (SSSR count). The van der Waals surface area contributed by atoms with Gasteiger partial charge in [0.05, 0.1) is 22.2 Å². The van der Waals surface area contributed by atoms with Crippen LogP contribution in [0.2, 0.25) is 0 Å². The largest absolute Gasteiger partial charge is 0.417 e. The molecule has 0 fully saturated rings. The first-order valence-electron chi connectivity index (χ1n) is 14.2. The summed E-state index contributed by atoms with van der Waals surface area (Å²) in [6.45, 7) is 0. The van der Waals surface area contributed by atoms with Crippen molar-refractivity contribution in [1.29, 1.82) is 0 Å². The fourth-order valence-electron chi connectivity index (χ4n) is 6.52. The van der Waals surface area contributed by atoms with Gasteiger partial charge in [-0.05, 0) is 70.8 Å². The van der Waals surface area contributed by atoms with Crippen molar-refractivity contribution in [3.8, 4) is 22.3 Å². The van der Waals surface area contributed by atoms with Crippen LogP contribution in [0.3, 0.4) is 0 Å². The number of alkyl halides is 6. The lowest BCUT2D eigenvalue weighted by Crippen LogP contribution is -2.23. The van der Waals surface area contributed by atoms with E-state index in [1.807, 2.05) is 0 Å². The number of hydrogen-bond donors (Lipinski definition) is 1. The Morgan fingerprint density at radius 2 is 1.13 bits per heavy atom. The first kappa shape index (κ1) is 29.6. The fourth-order valence-corrected chi connectivity index (χ4v) is 6.52. The molecule has 5 aromatic carbocycles. The predicted octanol–water partition coefficient (Wildman–Crippen LogP) is 9.23. The second-order valence-corrected chi connectivity index (χ2v) is 11.4. The highest BCUT2D eigenvalue weighted by Gasteiger charge is 2.35. The Kier molecular flexibility index (Phi) is 6.58. The minimum Gasteiger partial charge on any atom is -0.383 e. The average Bonchev–Trinajstić information content (AvgIpc) is 3.04. The van der Waals surface area contributed by atoms with Crippen molar-refractivity contribution in [2.24, 2.45) is 7.05 Å². The van der Waals surface area contributed by atoms with Gasteiger partial charge in [-0.1, -0.05) is 48.5 Å². The van der Waals surface area contributed by atoms with E-state index in [0.717, 1.165) is 12.1 Å². The number of nitrogens with zero attached hydrogens (tertiary/aromatic N) is 2. The third kappa shape index (κ3) is 4.55. The van der Waals surface area contributed by atoms with Crippen molar-refractivity contribution in [3.63, 3.8) is 0 Å². The van der Waals surface area contributed by atoms with Gasteiger partial charge in [0.1, 0.15) is 6.10 Å². The van der Waals surface area contributed by atoms with E-state index in [2.05, 4.69) is 0 Å². The maximum absolute atomic E-state index is 13.9. The smallest absolute Gasteiger partial charge is 0.383 e. The van der Waals surface area contributed by atoms with E-state index >= 15 is 0 Å². The van der Waals surface area contributed by atoms with E-state index < -0.39 is 29.6 Å². The highest BCUT2D eigenvalue weighted by Crippen LogP contribution is 2.47. The van der Waals surface area contributed by atoms with Gasteiger partial charge >= 0.3 is 12.4 Å². The number of fused-ring (bicyclic) bond motifs is 4. The lowest BCUT2D eigenvalue weighted by atomic mass is 9.88. The van der Waals surface area contributed by atoms with E-state index in [4.69, 9.17) is 0 Å². The Balaban J connectivity index is 1.39. The van der Waals surface area contributed by atoms with Gasteiger partial charge in [-0.2, -0.15) is 26.3 Å². The summed E-state index contributed by atoms with van der Waals surface area (Å²) in [5, 5.41) is 12.1. The fraction of sp³-hybridized carbons (Fsp3) is 0.139. The third-order valence-electron chi connectivity index (χ3n) is 8.78. The molecule has 1 atom stereocenters. The van der Waals surface area contributed by atoms with Crippen LogP contribution < -0.4 is 10.3 Å². The molecule has 0 bridgehead atoms. The van der Waals surface area contributed by atoms with Crippen LogP contribution in [0.25, 0.3) is 44.1 Å². The molecule has 0 radical (unpaired) electrons. The molecule has 10 heteroatoms. The minimum atomic E-state index is -4.58. The van der Waals surface area contributed by atoms with Crippen LogP contribution in [0.4, 0.5) is 37.7 Å². The topological polar surface area (TPSA) is 45.5 Å². The summed E-state index contributed by atoms with van der Waals surface area (Å²) in [5.41, 5.74) is 1.41. The Morgan fingerprint density at radius 3 is 1.74 bits per heavy atom. The molecule has 0 aliphatic carbocycles. The van der Waals surface area contributed by atoms with E-state index in [9.17, 15) is 36.2 Å². The van der Waals surface area contributed by atoms with E-state index in [0.29, 0.717) is 44.5 Å². The number of aliphatic hydroxyl groups is 1. The van der Waals surface area contributed by atoms with Crippen molar-refractivity contribution in [1.82, 2.24) is 4.57 Å². The third-order valence-corrected chi connectivity index (χ3v) is 8.78. The first-order chi connectivity index (χ1) is 21.8. The maximum atomic E-state index is 13.9. The summed E-state index contributed by atoms with van der Waals surface area (Å²) in [7, 11) is 3.45. The molecule has 4 nitrogen and oxygen atoms in total. The van der Waals surface area contributed by atoms with Crippen molar-refractivity contribution >= 4 is 33.2 Å². The SMILES string of the molecule is CN1c2ccc(-c3ccccc3C(F)(F)F)cc2C(O)c2cc3c(cc21)c(=O)c1cc(-c2ccccc2C(F)(F)F)ccc1n3C. The normalized spacial score (nSPS) is 14.9. The molecule has 2 heterocycles. The molecular formula is C36H24F6N2O2. The lowest BCUT2D eigenvalue weighted by Gasteiger charge is -2.34. The van der Waals surface area contributed by atoms with Crippen LogP contribution in [0, 0.1) is 0 Å². The van der Waals surface area contributed by atoms with Crippen molar-refractivity contribution in [2.45, 2.75) is 18.5 Å². The molecule has 232 valence electrons. The monoisotopic (exact) mass is 630 g/mol. The number of aliphatic hydroxyl groups excluding tert-OH is 1. The molecule has 1 aliphatic heterocycles. The molecule has 0 amide bonds. The molecule has 1 unspecified atom stereocenters. The number of anilines is 2. The molecule has 1 N–H and O–H groups in total. The van der Waals surface area contributed by atoms with Crippen LogP contribution in [-0.2, 0) is 19.4 Å². The summed E-state index contributed by atoms with van der Waals surface area (Å²) in [6.07, 6.45) is -10.4. The Hall–Kier alpha value is -5.09. The van der Waals surface area contributed by atoms with Gasteiger partial charge in [0.25, 0.3) is 0 Å². The average molecular weight is 631 g/mol. The Morgan fingerprint density at radius 1 is 0.609 bits per heavy atom. The minimum absolute atomic E-state index is 0.0111. The zero-order valence-electron chi connectivity index (χ0n) is 24.3. The second-order valence-electron chi connectivity index (χ2n) is 11.4. The molecule has 0 saturated carbocycles. The molecule has 1 aliphatic rings. The van der Waals surface area contributed by atoms with Crippen LogP contribution in [0.5, 0.6) is 0 Å².